The molecule has 15 heavy (non-hydrogen) atoms. The Hall–Kier alpha value is -1.84. The van der Waals surface area contributed by atoms with E-state index in [1.807, 2.05) is 24.4 Å². The van der Waals surface area contributed by atoms with Gasteiger partial charge >= 0.3 is 5.97 Å². The lowest BCUT2D eigenvalue weighted by atomic mass is 9.93. The van der Waals surface area contributed by atoms with Gasteiger partial charge in [0, 0.05) is 6.20 Å². The van der Waals surface area contributed by atoms with E-state index >= 15 is 0 Å². The van der Waals surface area contributed by atoms with Crippen molar-refractivity contribution < 1.29 is 9.90 Å². The van der Waals surface area contributed by atoms with E-state index < -0.39 is 11.4 Å². The van der Waals surface area contributed by atoms with Gasteiger partial charge in [0.25, 0.3) is 0 Å². The molecule has 0 saturated heterocycles. The van der Waals surface area contributed by atoms with E-state index in [0.717, 1.165) is 5.52 Å². The maximum atomic E-state index is 11.1. The van der Waals surface area contributed by atoms with E-state index in [-0.39, 0.29) is 0 Å². The van der Waals surface area contributed by atoms with Gasteiger partial charge in [-0.05, 0) is 26.0 Å². The number of aliphatic carboxylic acids is 1. The van der Waals surface area contributed by atoms with Gasteiger partial charge in [-0.1, -0.05) is 6.07 Å². The molecule has 2 aromatic rings. The van der Waals surface area contributed by atoms with Crippen LogP contribution in [-0.2, 0) is 10.2 Å². The van der Waals surface area contributed by atoms with Crippen LogP contribution >= 0.6 is 0 Å². The zero-order valence-corrected chi connectivity index (χ0v) is 8.64. The van der Waals surface area contributed by atoms with Crippen molar-refractivity contribution in [2.45, 2.75) is 19.3 Å². The Bertz CT molecular complexity index is 514. The van der Waals surface area contributed by atoms with E-state index in [4.69, 9.17) is 5.11 Å². The van der Waals surface area contributed by atoms with Gasteiger partial charge in [0.1, 0.15) is 11.2 Å². The second-order valence-corrected chi connectivity index (χ2v) is 4.01. The molecule has 0 unspecified atom stereocenters. The van der Waals surface area contributed by atoms with Crippen molar-refractivity contribution in [3.05, 3.63) is 36.4 Å². The van der Waals surface area contributed by atoms with Gasteiger partial charge in [-0.2, -0.15) is 0 Å². The first-order valence-corrected chi connectivity index (χ1v) is 4.69. The summed E-state index contributed by atoms with van der Waals surface area (Å²) < 4.78 is 1.80. The number of hydrogen-bond acceptors (Lipinski definition) is 2. The third-order valence-electron chi connectivity index (χ3n) is 2.53. The highest BCUT2D eigenvalue weighted by Crippen LogP contribution is 2.22. The number of carbonyl (C=O) groups is 1. The zero-order chi connectivity index (χ0) is 11.1. The second-order valence-electron chi connectivity index (χ2n) is 4.01. The predicted molar refractivity (Wildman–Crippen MR) is 55.9 cm³/mol. The monoisotopic (exact) mass is 204 g/mol. The lowest BCUT2D eigenvalue weighted by molar-refractivity contribution is -0.142. The SMILES string of the molecule is CC(C)(C(=O)O)c1ncc2ccccn12. The molecule has 2 aromatic heterocycles. The van der Waals surface area contributed by atoms with Crippen LogP contribution in [0.2, 0.25) is 0 Å². The van der Waals surface area contributed by atoms with Gasteiger partial charge in [0.15, 0.2) is 0 Å². The fraction of sp³-hybridized carbons (Fsp3) is 0.273. The topological polar surface area (TPSA) is 54.6 Å². The molecular formula is C11H12N2O2. The summed E-state index contributed by atoms with van der Waals surface area (Å²) >= 11 is 0. The Morgan fingerprint density at radius 2 is 2.20 bits per heavy atom. The molecule has 0 amide bonds. The minimum Gasteiger partial charge on any atom is -0.481 e. The van der Waals surface area contributed by atoms with Crippen molar-refractivity contribution >= 4 is 11.5 Å². The van der Waals surface area contributed by atoms with Gasteiger partial charge in [0.05, 0.1) is 11.7 Å². The third kappa shape index (κ3) is 1.38. The van der Waals surface area contributed by atoms with E-state index in [2.05, 4.69) is 4.98 Å². The van der Waals surface area contributed by atoms with E-state index in [0.29, 0.717) is 5.82 Å². The molecule has 0 saturated carbocycles. The molecule has 4 nitrogen and oxygen atoms in total. The predicted octanol–water partition coefficient (Wildman–Crippen LogP) is 1.70. The highest BCUT2D eigenvalue weighted by molar-refractivity contribution is 5.79. The first-order valence-electron chi connectivity index (χ1n) is 4.69. The summed E-state index contributed by atoms with van der Waals surface area (Å²) in [6.07, 6.45) is 3.50. The smallest absolute Gasteiger partial charge is 0.316 e. The summed E-state index contributed by atoms with van der Waals surface area (Å²) in [5, 5.41) is 9.12. The van der Waals surface area contributed by atoms with Gasteiger partial charge in [-0.15, -0.1) is 0 Å². The number of rotatable bonds is 2. The number of carboxylic acids is 1. The maximum absolute atomic E-state index is 11.1. The normalized spacial score (nSPS) is 11.9. The number of imidazole rings is 1. The summed E-state index contributed by atoms with van der Waals surface area (Å²) in [7, 11) is 0. The largest absolute Gasteiger partial charge is 0.481 e. The van der Waals surface area contributed by atoms with Crippen LogP contribution < -0.4 is 0 Å². The maximum Gasteiger partial charge on any atom is 0.316 e. The molecule has 2 rings (SSSR count). The minimum atomic E-state index is -0.978. The minimum absolute atomic E-state index is 0.547. The van der Waals surface area contributed by atoms with Gasteiger partial charge in [-0.3, -0.25) is 4.79 Å². The van der Waals surface area contributed by atoms with Gasteiger partial charge in [0.2, 0.25) is 0 Å². The van der Waals surface area contributed by atoms with Crippen LogP contribution in [0.3, 0.4) is 0 Å². The molecule has 0 bridgehead atoms. The average Bonchev–Trinajstić information content (AvgIpc) is 2.61. The van der Waals surface area contributed by atoms with Crippen molar-refractivity contribution in [1.29, 1.82) is 0 Å². The fourth-order valence-electron chi connectivity index (χ4n) is 1.50. The highest BCUT2D eigenvalue weighted by Gasteiger charge is 2.33. The molecule has 0 aromatic carbocycles. The van der Waals surface area contributed by atoms with Crippen molar-refractivity contribution in [2.75, 3.05) is 0 Å². The summed E-state index contributed by atoms with van der Waals surface area (Å²) in [6.45, 7) is 3.30. The average molecular weight is 204 g/mol. The van der Waals surface area contributed by atoms with E-state index in [1.54, 1.807) is 24.4 Å². The van der Waals surface area contributed by atoms with Crippen molar-refractivity contribution in [1.82, 2.24) is 9.38 Å². The lowest BCUT2D eigenvalue weighted by Crippen LogP contribution is -2.30. The Kier molecular flexibility index (Phi) is 2.00. The summed E-state index contributed by atoms with van der Waals surface area (Å²) in [5.41, 5.74) is -0.0739. The molecule has 0 aliphatic carbocycles. The van der Waals surface area contributed by atoms with Crippen molar-refractivity contribution in [3.63, 3.8) is 0 Å². The molecule has 1 N–H and O–H groups in total. The molecule has 0 aliphatic heterocycles. The zero-order valence-electron chi connectivity index (χ0n) is 8.64. The Balaban J connectivity index is 2.67. The number of fused-ring (bicyclic) bond motifs is 1. The molecule has 0 spiro atoms. The van der Waals surface area contributed by atoms with Crippen LogP contribution in [0.5, 0.6) is 0 Å². The van der Waals surface area contributed by atoms with Crippen LogP contribution in [0.25, 0.3) is 5.52 Å². The fourth-order valence-corrected chi connectivity index (χ4v) is 1.50. The van der Waals surface area contributed by atoms with Gasteiger partial charge < -0.3 is 9.51 Å². The number of nitrogens with zero attached hydrogens (tertiary/aromatic N) is 2. The Morgan fingerprint density at radius 3 is 2.87 bits per heavy atom. The number of aromatic nitrogens is 2. The van der Waals surface area contributed by atoms with Crippen LogP contribution in [0, 0.1) is 0 Å². The first kappa shape index (κ1) is 9.71. The van der Waals surface area contributed by atoms with Crippen molar-refractivity contribution in [3.8, 4) is 0 Å². The van der Waals surface area contributed by atoms with Crippen LogP contribution in [0.4, 0.5) is 0 Å². The van der Waals surface area contributed by atoms with Crippen molar-refractivity contribution in [2.24, 2.45) is 0 Å². The van der Waals surface area contributed by atoms with E-state index in [9.17, 15) is 4.79 Å². The lowest BCUT2D eigenvalue weighted by Gasteiger charge is -2.17. The molecule has 0 radical (unpaired) electrons. The first-order chi connectivity index (χ1) is 7.03. The molecule has 0 atom stereocenters. The highest BCUT2D eigenvalue weighted by atomic mass is 16.4. The molecule has 0 fully saturated rings. The number of pyridine rings is 1. The number of hydrogen-bond donors (Lipinski definition) is 1. The summed E-state index contributed by atoms with van der Waals surface area (Å²) in [5.74, 6) is -0.329. The summed E-state index contributed by atoms with van der Waals surface area (Å²) in [6, 6.07) is 5.65. The van der Waals surface area contributed by atoms with Gasteiger partial charge in [-0.25, -0.2) is 4.98 Å². The summed E-state index contributed by atoms with van der Waals surface area (Å²) in [4.78, 5) is 15.3. The Labute approximate surface area is 87.2 Å². The molecule has 0 aliphatic rings. The number of carboxylic acid groups (broad SMARTS) is 1. The molecule has 4 heteroatoms. The Morgan fingerprint density at radius 1 is 1.47 bits per heavy atom. The molecule has 2 heterocycles. The third-order valence-corrected chi connectivity index (χ3v) is 2.53. The molecule has 78 valence electrons. The quantitative estimate of drug-likeness (QED) is 0.810. The van der Waals surface area contributed by atoms with E-state index in [1.165, 1.54) is 0 Å². The molecular weight excluding hydrogens is 192 g/mol. The van der Waals surface area contributed by atoms with Crippen LogP contribution in [0.1, 0.15) is 19.7 Å². The standard InChI is InChI=1S/C11H12N2O2/c1-11(2,10(14)15)9-12-7-8-5-3-4-6-13(8)9/h3-7H,1-2H3,(H,14,15). The second kappa shape index (κ2) is 3.08. The van der Waals surface area contributed by atoms with Crippen LogP contribution in [0.15, 0.2) is 30.6 Å². The van der Waals surface area contributed by atoms with Crippen LogP contribution in [-0.4, -0.2) is 20.5 Å².